The summed E-state index contributed by atoms with van der Waals surface area (Å²) in [5.41, 5.74) is 6.24. The normalized spacial score (nSPS) is 10.6. The van der Waals surface area contributed by atoms with Gasteiger partial charge in [-0.2, -0.15) is 0 Å². The third kappa shape index (κ3) is 5.53. The molecule has 7 heteroatoms. The Balaban J connectivity index is 0. The van der Waals surface area contributed by atoms with Crippen LogP contribution in [0.3, 0.4) is 0 Å². The smallest absolute Gasteiger partial charge is 0.241 e. The third-order valence-corrected chi connectivity index (χ3v) is 2.20. The van der Waals surface area contributed by atoms with Gasteiger partial charge in [0.2, 0.25) is 5.91 Å². The van der Waals surface area contributed by atoms with E-state index in [4.69, 9.17) is 10.5 Å². The Morgan fingerprint density at radius 2 is 2.22 bits per heavy atom. The fourth-order valence-corrected chi connectivity index (χ4v) is 1.32. The van der Waals surface area contributed by atoms with Crippen LogP contribution in [0.15, 0.2) is 18.5 Å². The average molecular weight is 296 g/mol. The minimum absolute atomic E-state index is 0. The lowest BCUT2D eigenvalue weighted by Crippen LogP contribution is -2.35. The zero-order chi connectivity index (χ0) is 12.0. The van der Waals surface area contributed by atoms with Crippen molar-refractivity contribution in [3.8, 4) is 5.75 Å². The molecule has 5 nitrogen and oxygen atoms in total. The zero-order valence-corrected chi connectivity index (χ0v) is 12.0. The summed E-state index contributed by atoms with van der Waals surface area (Å²) in [6.07, 6.45) is 4.67. The summed E-state index contributed by atoms with van der Waals surface area (Å²) in [7, 11) is 1.54. The molecule has 0 aromatic carbocycles. The van der Waals surface area contributed by atoms with Gasteiger partial charge in [-0.3, -0.25) is 9.78 Å². The highest BCUT2D eigenvalue weighted by Crippen LogP contribution is 2.21. The maximum atomic E-state index is 11.7. The lowest BCUT2D eigenvalue weighted by Gasteiger charge is -2.12. The van der Waals surface area contributed by atoms with Crippen LogP contribution in [0.5, 0.6) is 5.75 Å². The van der Waals surface area contributed by atoms with Gasteiger partial charge < -0.3 is 15.8 Å². The number of nitrogens with two attached hydrogens (primary N) is 1. The van der Waals surface area contributed by atoms with Crippen molar-refractivity contribution in [3.05, 3.63) is 18.5 Å². The first-order valence-electron chi connectivity index (χ1n) is 5.23. The SMILES string of the molecule is CCCC(N)C(=O)Nc1cnccc1OC.Cl.Cl. The maximum absolute atomic E-state index is 11.7. The number of amides is 1. The predicted octanol–water partition coefficient (Wildman–Crippen LogP) is 2.00. The number of rotatable bonds is 5. The van der Waals surface area contributed by atoms with Crippen molar-refractivity contribution in [1.29, 1.82) is 0 Å². The number of nitrogens with one attached hydrogen (secondary N) is 1. The van der Waals surface area contributed by atoms with Crippen LogP contribution in [0, 0.1) is 0 Å². The van der Waals surface area contributed by atoms with Gasteiger partial charge in [-0.1, -0.05) is 13.3 Å². The molecule has 0 saturated carbocycles. The van der Waals surface area contributed by atoms with E-state index in [1.165, 1.54) is 13.3 Å². The Bertz CT molecular complexity index is 364. The fourth-order valence-electron chi connectivity index (χ4n) is 1.32. The highest BCUT2D eigenvalue weighted by Gasteiger charge is 2.14. The topological polar surface area (TPSA) is 77.2 Å². The number of hydrogen-bond donors (Lipinski definition) is 2. The summed E-state index contributed by atoms with van der Waals surface area (Å²) >= 11 is 0. The molecule has 1 aromatic heterocycles. The Morgan fingerprint density at radius 1 is 1.56 bits per heavy atom. The average Bonchev–Trinajstić information content (AvgIpc) is 2.30. The first-order chi connectivity index (χ1) is 7.69. The van der Waals surface area contributed by atoms with Gasteiger partial charge >= 0.3 is 0 Å². The third-order valence-electron chi connectivity index (χ3n) is 2.20. The molecule has 104 valence electrons. The molecule has 1 heterocycles. The van der Waals surface area contributed by atoms with E-state index >= 15 is 0 Å². The number of pyridine rings is 1. The van der Waals surface area contributed by atoms with Crippen molar-refractivity contribution in [2.24, 2.45) is 5.73 Å². The number of carbonyl (C=O) groups excluding carboxylic acids is 1. The molecule has 0 aliphatic heterocycles. The van der Waals surface area contributed by atoms with Gasteiger partial charge in [0, 0.05) is 12.3 Å². The van der Waals surface area contributed by atoms with Gasteiger partial charge in [0.15, 0.2) is 0 Å². The molecule has 0 radical (unpaired) electrons. The van der Waals surface area contributed by atoms with Crippen LogP contribution in [0.2, 0.25) is 0 Å². The van der Waals surface area contributed by atoms with Crippen LogP contribution in [0.1, 0.15) is 19.8 Å². The Hall–Kier alpha value is -1.04. The molecular formula is C11H19Cl2N3O2. The second kappa shape index (κ2) is 9.94. The number of nitrogens with zero attached hydrogens (tertiary/aromatic N) is 1. The predicted molar refractivity (Wildman–Crippen MR) is 76.8 cm³/mol. The molecule has 1 unspecified atom stereocenters. The monoisotopic (exact) mass is 295 g/mol. The molecule has 1 rings (SSSR count). The van der Waals surface area contributed by atoms with Crippen molar-refractivity contribution in [3.63, 3.8) is 0 Å². The quantitative estimate of drug-likeness (QED) is 0.871. The lowest BCUT2D eigenvalue weighted by molar-refractivity contribution is -0.117. The lowest BCUT2D eigenvalue weighted by atomic mass is 10.1. The molecule has 18 heavy (non-hydrogen) atoms. The zero-order valence-electron chi connectivity index (χ0n) is 10.4. The molecule has 0 aliphatic rings. The van der Waals surface area contributed by atoms with Crippen LogP contribution in [-0.4, -0.2) is 24.0 Å². The summed E-state index contributed by atoms with van der Waals surface area (Å²) in [4.78, 5) is 15.6. The van der Waals surface area contributed by atoms with E-state index in [-0.39, 0.29) is 30.7 Å². The van der Waals surface area contributed by atoms with E-state index in [0.717, 1.165) is 6.42 Å². The number of aromatic nitrogens is 1. The number of ether oxygens (including phenoxy) is 1. The van der Waals surface area contributed by atoms with Crippen LogP contribution in [0.25, 0.3) is 0 Å². The minimum Gasteiger partial charge on any atom is -0.494 e. The van der Waals surface area contributed by atoms with E-state index in [1.807, 2.05) is 6.92 Å². The molecular weight excluding hydrogens is 277 g/mol. The Kier molecular flexibility index (Phi) is 10.7. The van der Waals surface area contributed by atoms with Gasteiger partial charge in [-0.25, -0.2) is 0 Å². The second-order valence-electron chi connectivity index (χ2n) is 3.46. The minimum atomic E-state index is -0.491. The van der Waals surface area contributed by atoms with Crippen molar-refractivity contribution in [2.45, 2.75) is 25.8 Å². The molecule has 0 spiro atoms. The molecule has 1 atom stereocenters. The standard InChI is InChI=1S/C11H17N3O2.2ClH/c1-3-4-8(12)11(15)14-9-7-13-6-5-10(9)16-2;;/h5-8H,3-4,12H2,1-2H3,(H,14,15);2*1H. The number of hydrogen-bond acceptors (Lipinski definition) is 4. The second-order valence-corrected chi connectivity index (χ2v) is 3.46. The Labute approximate surface area is 119 Å². The number of anilines is 1. The van der Waals surface area contributed by atoms with Gasteiger partial charge in [0.1, 0.15) is 11.4 Å². The molecule has 1 aromatic rings. The molecule has 0 saturated heterocycles. The van der Waals surface area contributed by atoms with Gasteiger partial charge in [-0.15, -0.1) is 24.8 Å². The van der Waals surface area contributed by atoms with E-state index in [2.05, 4.69) is 10.3 Å². The van der Waals surface area contributed by atoms with Crippen molar-refractivity contribution >= 4 is 36.4 Å². The van der Waals surface area contributed by atoms with Gasteiger partial charge in [0.05, 0.1) is 19.3 Å². The fraction of sp³-hybridized carbons (Fsp3) is 0.455. The van der Waals surface area contributed by atoms with Crippen LogP contribution < -0.4 is 15.8 Å². The van der Waals surface area contributed by atoms with Crippen molar-refractivity contribution in [2.75, 3.05) is 12.4 Å². The van der Waals surface area contributed by atoms with Crippen LogP contribution in [0.4, 0.5) is 5.69 Å². The summed E-state index contributed by atoms with van der Waals surface area (Å²) in [6, 6.07) is 1.19. The first kappa shape index (κ1) is 19.3. The van der Waals surface area contributed by atoms with Crippen molar-refractivity contribution in [1.82, 2.24) is 4.98 Å². The van der Waals surface area contributed by atoms with E-state index in [1.54, 1.807) is 12.3 Å². The highest BCUT2D eigenvalue weighted by atomic mass is 35.5. The highest BCUT2D eigenvalue weighted by molar-refractivity contribution is 5.95. The van der Waals surface area contributed by atoms with E-state index in [9.17, 15) is 4.79 Å². The first-order valence-corrected chi connectivity index (χ1v) is 5.23. The molecule has 0 fully saturated rings. The van der Waals surface area contributed by atoms with Gasteiger partial charge in [0.25, 0.3) is 0 Å². The van der Waals surface area contributed by atoms with Crippen molar-refractivity contribution < 1.29 is 9.53 Å². The number of halogens is 2. The summed E-state index contributed by atoms with van der Waals surface area (Å²) in [6.45, 7) is 1.98. The molecule has 3 N–H and O–H groups in total. The van der Waals surface area contributed by atoms with Crippen LogP contribution >= 0.6 is 24.8 Å². The summed E-state index contributed by atoms with van der Waals surface area (Å²) in [5, 5.41) is 2.69. The largest absolute Gasteiger partial charge is 0.494 e. The number of methoxy groups -OCH3 is 1. The van der Waals surface area contributed by atoms with Crippen LogP contribution in [-0.2, 0) is 4.79 Å². The van der Waals surface area contributed by atoms with E-state index < -0.39 is 6.04 Å². The summed E-state index contributed by atoms with van der Waals surface area (Å²) in [5.74, 6) is 0.361. The maximum Gasteiger partial charge on any atom is 0.241 e. The Morgan fingerprint density at radius 3 is 2.78 bits per heavy atom. The van der Waals surface area contributed by atoms with Gasteiger partial charge in [-0.05, 0) is 6.42 Å². The molecule has 0 bridgehead atoms. The van der Waals surface area contributed by atoms with E-state index in [0.29, 0.717) is 17.9 Å². The molecule has 1 amide bonds. The molecule has 0 aliphatic carbocycles. The summed E-state index contributed by atoms with van der Waals surface area (Å²) < 4.78 is 5.09. The number of carbonyl (C=O) groups is 1.